The average Bonchev–Trinajstić information content (AvgIpc) is 3.16. The molecule has 0 aromatic heterocycles. The number of aryl methyl sites for hydroxylation is 1. The maximum atomic E-state index is 13.8. The van der Waals surface area contributed by atoms with Gasteiger partial charge in [-0.05, 0) is 24.8 Å². The van der Waals surface area contributed by atoms with Gasteiger partial charge in [-0.25, -0.2) is 9.18 Å². The number of nitro benzene ring substituents is 1. The van der Waals surface area contributed by atoms with Gasteiger partial charge in [0.1, 0.15) is 11.4 Å². The van der Waals surface area contributed by atoms with E-state index in [1.165, 1.54) is 6.92 Å². The van der Waals surface area contributed by atoms with E-state index in [-0.39, 0.29) is 23.4 Å². The average molecular weight is 267 g/mol. The number of esters is 1. The first-order valence-corrected chi connectivity index (χ1v) is 6.10. The monoisotopic (exact) mass is 267 g/mol. The molecule has 102 valence electrons. The van der Waals surface area contributed by atoms with E-state index in [4.69, 9.17) is 4.74 Å². The number of halogens is 1. The van der Waals surface area contributed by atoms with Gasteiger partial charge in [0.05, 0.1) is 11.5 Å². The number of hydrogen-bond acceptors (Lipinski definition) is 4. The van der Waals surface area contributed by atoms with E-state index in [0.717, 1.165) is 31.4 Å². The summed E-state index contributed by atoms with van der Waals surface area (Å²) in [4.78, 5) is 21.7. The number of ether oxygens (including phenoxy) is 1. The molecule has 0 spiro atoms. The SMILES string of the molecule is Cc1cc([N+](=O)[O-])cc(C(=O)OCCC2CC2)c1F. The lowest BCUT2D eigenvalue weighted by Crippen LogP contribution is -2.10. The standard InChI is InChI=1S/C13H14FNO4/c1-8-6-10(15(17)18)7-11(12(8)14)13(16)19-5-4-9-2-3-9/h6-7,9H,2-5H2,1H3. The van der Waals surface area contributed by atoms with Crippen LogP contribution in [0.25, 0.3) is 0 Å². The second kappa shape index (κ2) is 5.34. The largest absolute Gasteiger partial charge is 0.462 e. The van der Waals surface area contributed by atoms with E-state index in [9.17, 15) is 19.3 Å². The van der Waals surface area contributed by atoms with Crippen LogP contribution in [-0.2, 0) is 4.74 Å². The first-order valence-electron chi connectivity index (χ1n) is 6.10. The van der Waals surface area contributed by atoms with Crippen LogP contribution in [0.15, 0.2) is 12.1 Å². The van der Waals surface area contributed by atoms with Crippen molar-refractivity contribution < 1.29 is 18.8 Å². The van der Waals surface area contributed by atoms with E-state index in [0.29, 0.717) is 5.92 Å². The second-order valence-corrected chi connectivity index (χ2v) is 4.75. The van der Waals surface area contributed by atoms with Crippen LogP contribution in [0.3, 0.4) is 0 Å². The highest BCUT2D eigenvalue weighted by Gasteiger charge is 2.23. The molecule has 1 saturated carbocycles. The van der Waals surface area contributed by atoms with Crippen molar-refractivity contribution in [2.75, 3.05) is 6.61 Å². The van der Waals surface area contributed by atoms with Crippen LogP contribution in [0.2, 0.25) is 0 Å². The molecule has 1 aromatic rings. The van der Waals surface area contributed by atoms with Crippen LogP contribution in [0, 0.1) is 28.8 Å². The zero-order valence-corrected chi connectivity index (χ0v) is 10.5. The van der Waals surface area contributed by atoms with Gasteiger partial charge in [-0.3, -0.25) is 10.1 Å². The Morgan fingerprint density at radius 1 is 1.53 bits per heavy atom. The van der Waals surface area contributed by atoms with Gasteiger partial charge in [-0.1, -0.05) is 12.8 Å². The first-order chi connectivity index (χ1) is 8.99. The zero-order valence-electron chi connectivity index (χ0n) is 10.5. The lowest BCUT2D eigenvalue weighted by Gasteiger charge is -2.06. The number of nitrogens with zero attached hydrogens (tertiary/aromatic N) is 1. The van der Waals surface area contributed by atoms with E-state index in [1.54, 1.807) is 0 Å². The molecule has 0 N–H and O–H groups in total. The topological polar surface area (TPSA) is 69.4 Å². The van der Waals surface area contributed by atoms with Gasteiger partial charge < -0.3 is 4.74 Å². The van der Waals surface area contributed by atoms with Crippen molar-refractivity contribution in [2.45, 2.75) is 26.2 Å². The van der Waals surface area contributed by atoms with Crippen LogP contribution in [0.5, 0.6) is 0 Å². The van der Waals surface area contributed by atoms with Gasteiger partial charge in [0.25, 0.3) is 5.69 Å². The predicted octanol–water partition coefficient (Wildman–Crippen LogP) is 3.00. The number of hydrogen-bond donors (Lipinski definition) is 0. The Morgan fingerprint density at radius 3 is 2.79 bits per heavy atom. The van der Waals surface area contributed by atoms with E-state index < -0.39 is 16.7 Å². The highest BCUT2D eigenvalue weighted by molar-refractivity contribution is 5.90. The van der Waals surface area contributed by atoms with Crippen LogP contribution < -0.4 is 0 Å². The molecule has 1 fully saturated rings. The summed E-state index contributed by atoms with van der Waals surface area (Å²) in [6.07, 6.45) is 3.05. The maximum absolute atomic E-state index is 13.8. The molecule has 1 aliphatic rings. The van der Waals surface area contributed by atoms with Crippen LogP contribution in [-0.4, -0.2) is 17.5 Å². The highest BCUT2D eigenvalue weighted by atomic mass is 19.1. The molecule has 0 unspecified atom stereocenters. The summed E-state index contributed by atoms with van der Waals surface area (Å²) in [5.74, 6) is -1.00. The summed E-state index contributed by atoms with van der Waals surface area (Å²) in [5, 5.41) is 10.7. The third-order valence-electron chi connectivity index (χ3n) is 3.13. The Morgan fingerprint density at radius 2 is 2.21 bits per heavy atom. The molecule has 0 atom stereocenters. The Kier molecular flexibility index (Phi) is 3.78. The molecule has 6 heteroatoms. The molecule has 0 heterocycles. The minimum absolute atomic E-state index is 0.0587. The number of carbonyl (C=O) groups excluding carboxylic acids is 1. The molecule has 1 aromatic carbocycles. The van der Waals surface area contributed by atoms with Gasteiger partial charge in [0.2, 0.25) is 0 Å². The van der Waals surface area contributed by atoms with E-state index in [2.05, 4.69) is 0 Å². The molecule has 5 nitrogen and oxygen atoms in total. The van der Waals surface area contributed by atoms with Crippen molar-refractivity contribution >= 4 is 11.7 Å². The van der Waals surface area contributed by atoms with Crippen LogP contribution in [0.1, 0.15) is 35.2 Å². The second-order valence-electron chi connectivity index (χ2n) is 4.75. The summed E-state index contributed by atoms with van der Waals surface area (Å²) in [5.41, 5.74) is -0.626. The van der Waals surface area contributed by atoms with E-state index in [1.807, 2.05) is 0 Å². The normalized spacial score (nSPS) is 14.2. The summed E-state index contributed by atoms with van der Waals surface area (Å²) in [7, 11) is 0. The molecular formula is C13H14FNO4. The summed E-state index contributed by atoms with van der Waals surface area (Å²) in [6.45, 7) is 1.61. The fraction of sp³-hybridized carbons (Fsp3) is 0.462. The van der Waals surface area contributed by atoms with E-state index >= 15 is 0 Å². The molecule has 0 radical (unpaired) electrons. The highest BCUT2D eigenvalue weighted by Crippen LogP contribution is 2.32. The summed E-state index contributed by atoms with van der Waals surface area (Å²) >= 11 is 0. The van der Waals surface area contributed by atoms with Crippen molar-refractivity contribution in [1.82, 2.24) is 0 Å². The number of benzene rings is 1. The van der Waals surface area contributed by atoms with Crippen LogP contribution >= 0.6 is 0 Å². The van der Waals surface area contributed by atoms with Crippen molar-refractivity contribution in [3.63, 3.8) is 0 Å². The van der Waals surface area contributed by atoms with Gasteiger partial charge in [0, 0.05) is 12.1 Å². The number of rotatable bonds is 5. The molecule has 1 aliphatic carbocycles. The molecular weight excluding hydrogens is 253 g/mol. The molecule has 2 rings (SSSR count). The van der Waals surface area contributed by atoms with Gasteiger partial charge >= 0.3 is 5.97 Å². The summed E-state index contributed by atoms with van der Waals surface area (Å²) in [6, 6.07) is 2.01. The lowest BCUT2D eigenvalue weighted by atomic mass is 10.1. The fourth-order valence-electron chi connectivity index (χ4n) is 1.81. The Hall–Kier alpha value is -1.98. The quantitative estimate of drug-likeness (QED) is 0.467. The van der Waals surface area contributed by atoms with Gasteiger partial charge in [-0.15, -0.1) is 0 Å². The Labute approximate surface area is 109 Å². The number of carbonyl (C=O) groups is 1. The molecule has 0 bridgehead atoms. The van der Waals surface area contributed by atoms with Crippen molar-refractivity contribution in [3.05, 3.63) is 39.2 Å². The maximum Gasteiger partial charge on any atom is 0.341 e. The first kappa shape index (κ1) is 13.5. The van der Waals surface area contributed by atoms with Gasteiger partial charge in [-0.2, -0.15) is 0 Å². The number of non-ortho nitro benzene ring substituents is 1. The Bertz CT molecular complexity index is 526. The molecule has 19 heavy (non-hydrogen) atoms. The van der Waals surface area contributed by atoms with Crippen LogP contribution in [0.4, 0.5) is 10.1 Å². The number of nitro groups is 1. The molecule has 0 saturated heterocycles. The van der Waals surface area contributed by atoms with Crippen molar-refractivity contribution in [3.8, 4) is 0 Å². The zero-order chi connectivity index (χ0) is 14.0. The minimum atomic E-state index is -0.843. The third kappa shape index (κ3) is 3.27. The molecule has 0 amide bonds. The molecule has 0 aliphatic heterocycles. The third-order valence-corrected chi connectivity index (χ3v) is 3.13. The minimum Gasteiger partial charge on any atom is -0.462 e. The summed E-state index contributed by atoms with van der Waals surface area (Å²) < 4.78 is 18.7. The fourth-order valence-corrected chi connectivity index (χ4v) is 1.81. The lowest BCUT2D eigenvalue weighted by molar-refractivity contribution is -0.385. The smallest absolute Gasteiger partial charge is 0.341 e. The van der Waals surface area contributed by atoms with Gasteiger partial charge in [0.15, 0.2) is 0 Å². The Balaban J connectivity index is 2.11. The van der Waals surface area contributed by atoms with Crippen molar-refractivity contribution in [2.24, 2.45) is 5.92 Å². The predicted molar refractivity (Wildman–Crippen MR) is 65.4 cm³/mol. The van der Waals surface area contributed by atoms with Crippen molar-refractivity contribution in [1.29, 1.82) is 0 Å².